The third-order valence-electron chi connectivity index (χ3n) is 7.45. The molecule has 0 spiro atoms. The zero-order chi connectivity index (χ0) is 26.1. The molecule has 3 aliphatic heterocycles. The average molecular weight is 591 g/mol. The number of hydrogen-bond acceptors (Lipinski definition) is 8. The standard InChI is InChI=1S/C29H31N3O6.2ClH/c33-22(18-36-17-20-7-8-25-26(15-20)38-19-37-25)16-31-11-9-30(10-12-31)13-14-32-28(34)23-5-1-3-21-4-2-6-24(27(21)23)29(32)35;;/h1-8,15,22,33H,9-14,16-19H2;2*1H. The van der Waals surface area contributed by atoms with Gasteiger partial charge in [-0.2, -0.15) is 0 Å². The Morgan fingerprint density at radius 3 is 2.17 bits per heavy atom. The number of carbonyl (C=O) groups is 2. The Bertz CT molecular complexity index is 1310. The van der Waals surface area contributed by atoms with Crippen LogP contribution < -0.4 is 9.47 Å². The van der Waals surface area contributed by atoms with Crippen LogP contribution >= 0.6 is 24.8 Å². The maximum atomic E-state index is 13.1. The first-order chi connectivity index (χ1) is 18.6. The van der Waals surface area contributed by atoms with Gasteiger partial charge in [0, 0.05) is 62.3 Å². The number of β-amino-alcohol motifs (C(OH)–C–C–N with tert-alkyl or cyclic N) is 1. The van der Waals surface area contributed by atoms with Crippen LogP contribution in [0.25, 0.3) is 10.8 Å². The van der Waals surface area contributed by atoms with Crippen LogP contribution in [-0.4, -0.2) is 96.9 Å². The number of aliphatic hydroxyl groups excluding tert-OH is 1. The van der Waals surface area contributed by atoms with Gasteiger partial charge >= 0.3 is 0 Å². The van der Waals surface area contributed by atoms with Crippen LogP contribution in [0.2, 0.25) is 0 Å². The molecule has 9 nitrogen and oxygen atoms in total. The lowest BCUT2D eigenvalue weighted by molar-refractivity contribution is 0.000939. The molecule has 1 unspecified atom stereocenters. The maximum absolute atomic E-state index is 13.1. The fraction of sp³-hybridized carbons (Fsp3) is 0.379. The van der Waals surface area contributed by atoms with Gasteiger partial charge < -0.3 is 19.3 Å². The molecule has 3 heterocycles. The molecular formula is C29H33Cl2N3O6. The second-order valence-electron chi connectivity index (χ2n) is 9.97. The van der Waals surface area contributed by atoms with E-state index in [1.807, 2.05) is 42.5 Å². The zero-order valence-corrected chi connectivity index (χ0v) is 23.6. The number of rotatable bonds is 9. The Hall–Kier alpha value is -2.92. The van der Waals surface area contributed by atoms with Crippen LogP contribution in [0.5, 0.6) is 11.5 Å². The first kappa shape index (κ1) is 30.0. The Labute approximate surface area is 245 Å². The van der Waals surface area contributed by atoms with Crippen molar-refractivity contribution in [3.05, 3.63) is 71.3 Å². The predicted molar refractivity (Wildman–Crippen MR) is 155 cm³/mol. The van der Waals surface area contributed by atoms with Gasteiger partial charge in [0.1, 0.15) is 0 Å². The van der Waals surface area contributed by atoms with Gasteiger partial charge in [0.25, 0.3) is 11.8 Å². The minimum atomic E-state index is -0.582. The van der Waals surface area contributed by atoms with E-state index in [2.05, 4.69) is 9.80 Å². The van der Waals surface area contributed by atoms with E-state index >= 15 is 0 Å². The van der Waals surface area contributed by atoms with Crippen molar-refractivity contribution in [3.63, 3.8) is 0 Å². The van der Waals surface area contributed by atoms with Crippen molar-refractivity contribution in [2.45, 2.75) is 12.7 Å². The molecule has 0 aromatic heterocycles. The Kier molecular flexibility index (Phi) is 9.89. The first-order valence-corrected chi connectivity index (χ1v) is 13.0. The van der Waals surface area contributed by atoms with Gasteiger partial charge in [0.05, 0.1) is 19.3 Å². The molecule has 1 atom stereocenters. The highest BCUT2D eigenvalue weighted by Gasteiger charge is 2.33. The number of amides is 2. The van der Waals surface area contributed by atoms with Gasteiger partial charge in [-0.1, -0.05) is 30.3 Å². The van der Waals surface area contributed by atoms with Crippen molar-refractivity contribution in [3.8, 4) is 11.5 Å². The Morgan fingerprint density at radius 2 is 1.48 bits per heavy atom. The lowest BCUT2D eigenvalue weighted by Crippen LogP contribution is -2.51. The summed E-state index contributed by atoms with van der Waals surface area (Å²) in [6.07, 6.45) is -0.582. The van der Waals surface area contributed by atoms with Crippen molar-refractivity contribution in [1.29, 1.82) is 0 Å². The topological polar surface area (TPSA) is 91.8 Å². The molecule has 214 valence electrons. The van der Waals surface area contributed by atoms with E-state index in [1.165, 1.54) is 4.90 Å². The highest BCUT2D eigenvalue weighted by atomic mass is 35.5. The Balaban J connectivity index is 0.00000185. The van der Waals surface area contributed by atoms with E-state index in [0.717, 1.165) is 54.0 Å². The summed E-state index contributed by atoms with van der Waals surface area (Å²) in [7, 11) is 0. The summed E-state index contributed by atoms with van der Waals surface area (Å²) in [6, 6.07) is 16.9. The van der Waals surface area contributed by atoms with Gasteiger partial charge in [0.2, 0.25) is 6.79 Å². The number of piperazine rings is 1. The third kappa shape index (κ3) is 6.20. The third-order valence-corrected chi connectivity index (χ3v) is 7.45. The molecule has 6 rings (SSSR count). The van der Waals surface area contributed by atoms with Crippen molar-refractivity contribution in [2.24, 2.45) is 0 Å². The number of nitrogens with zero attached hydrogens (tertiary/aromatic N) is 3. The summed E-state index contributed by atoms with van der Waals surface area (Å²) >= 11 is 0. The molecule has 0 saturated carbocycles. The number of imide groups is 1. The molecule has 3 aromatic rings. The zero-order valence-electron chi connectivity index (χ0n) is 22.0. The van der Waals surface area contributed by atoms with E-state index in [1.54, 1.807) is 12.1 Å². The number of ether oxygens (including phenoxy) is 3. The van der Waals surface area contributed by atoms with E-state index in [4.69, 9.17) is 14.2 Å². The number of benzene rings is 3. The van der Waals surface area contributed by atoms with Crippen molar-refractivity contribution >= 4 is 47.4 Å². The van der Waals surface area contributed by atoms with E-state index < -0.39 is 6.10 Å². The molecule has 0 radical (unpaired) electrons. The van der Waals surface area contributed by atoms with Crippen LogP contribution in [0.4, 0.5) is 0 Å². The van der Waals surface area contributed by atoms with E-state index in [-0.39, 0.29) is 50.0 Å². The molecule has 2 amide bonds. The molecule has 11 heteroatoms. The molecule has 40 heavy (non-hydrogen) atoms. The summed E-state index contributed by atoms with van der Waals surface area (Å²) in [5.74, 6) is 1.02. The smallest absolute Gasteiger partial charge is 0.261 e. The fourth-order valence-corrected chi connectivity index (χ4v) is 5.41. The molecule has 3 aromatic carbocycles. The van der Waals surface area contributed by atoms with Gasteiger partial charge in [-0.15, -0.1) is 24.8 Å². The summed E-state index contributed by atoms with van der Waals surface area (Å²) in [6.45, 7) is 5.66. The van der Waals surface area contributed by atoms with Gasteiger partial charge in [-0.05, 0) is 35.2 Å². The second kappa shape index (κ2) is 13.2. The number of halogens is 2. The van der Waals surface area contributed by atoms with Crippen LogP contribution in [0.3, 0.4) is 0 Å². The number of fused-ring (bicyclic) bond motifs is 1. The van der Waals surface area contributed by atoms with Crippen LogP contribution in [-0.2, 0) is 11.3 Å². The second-order valence-corrected chi connectivity index (χ2v) is 9.97. The van der Waals surface area contributed by atoms with Crippen molar-refractivity contribution in [2.75, 3.05) is 59.2 Å². The lowest BCUT2D eigenvalue weighted by Gasteiger charge is -2.36. The van der Waals surface area contributed by atoms with Gasteiger partial charge in [-0.25, -0.2) is 0 Å². The minimum absolute atomic E-state index is 0. The Morgan fingerprint density at radius 1 is 0.825 bits per heavy atom. The maximum Gasteiger partial charge on any atom is 0.261 e. The molecule has 3 aliphatic rings. The molecule has 1 N–H and O–H groups in total. The predicted octanol–water partition coefficient (Wildman–Crippen LogP) is 3.20. The van der Waals surface area contributed by atoms with Crippen LogP contribution in [0.15, 0.2) is 54.6 Å². The molecular weight excluding hydrogens is 557 g/mol. The summed E-state index contributed by atoms with van der Waals surface area (Å²) < 4.78 is 16.4. The highest BCUT2D eigenvalue weighted by molar-refractivity contribution is 6.25. The van der Waals surface area contributed by atoms with Crippen molar-refractivity contribution in [1.82, 2.24) is 14.7 Å². The van der Waals surface area contributed by atoms with Crippen LogP contribution in [0, 0.1) is 0 Å². The number of carbonyl (C=O) groups excluding carboxylic acids is 2. The first-order valence-electron chi connectivity index (χ1n) is 13.0. The minimum Gasteiger partial charge on any atom is -0.454 e. The molecule has 0 bridgehead atoms. The summed E-state index contributed by atoms with van der Waals surface area (Å²) in [5.41, 5.74) is 2.16. The lowest BCUT2D eigenvalue weighted by atomic mass is 9.94. The van der Waals surface area contributed by atoms with E-state index in [0.29, 0.717) is 37.4 Å². The molecule has 0 aliphatic carbocycles. The quantitative estimate of drug-likeness (QED) is 0.380. The average Bonchev–Trinajstić information content (AvgIpc) is 3.40. The van der Waals surface area contributed by atoms with E-state index in [9.17, 15) is 14.7 Å². The fourth-order valence-electron chi connectivity index (χ4n) is 5.41. The van der Waals surface area contributed by atoms with Gasteiger partial charge in [-0.3, -0.25) is 24.3 Å². The largest absolute Gasteiger partial charge is 0.454 e. The number of hydrogen-bond donors (Lipinski definition) is 1. The monoisotopic (exact) mass is 589 g/mol. The molecule has 1 saturated heterocycles. The SMILES string of the molecule is Cl.Cl.O=C1c2cccc3cccc(c23)C(=O)N1CCN1CCN(CC(O)COCc2ccc3c(c2)OCO3)CC1. The van der Waals surface area contributed by atoms with Crippen molar-refractivity contribution < 1.29 is 28.9 Å². The summed E-state index contributed by atoms with van der Waals surface area (Å²) in [5, 5.41) is 12.1. The number of aliphatic hydroxyl groups is 1. The highest BCUT2D eigenvalue weighted by Crippen LogP contribution is 2.33. The van der Waals surface area contributed by atoms with Crippen LogP contribution in [0.1, 0.15) is 26.3 Å². The summed E-state index contributed by atoms with van der Waals surface area (Å²) in [4.78, 5) is 32.1. The normalized spacial score (nSPS) is 17.5. The van der Waals surface area contributed by atoms with Gasteiger partial charge in [0.15, 0.2) is 11.5 Å². The molecule has 1 fully saturated rings.